The number of aromatic nitrogens is 3. The van der Waals surface area contributed by atoms with Gasteiger partial charge in [0.2, 0.25) is 0 Å². The van der Waals surface area contributed by atoms with E-state index in [1.54, 1.807) is 7.11 Å². The smallest absolute Gasteiger partial charge is 0.196 e. The molecule has 3 rings (SSSR count). The van der Waals surface area contributed by atoms with Crippen molar-refractivity contribution in [1.29, 1.82) is 0 Å². The number of carbonyl (C=O) groups excluding carboxylic acids is 1. The van der Waals surface area contributed by atoms with Gasteiger partial charge >= 0.3 is 0 Å². The molecule has 0 fully saturated rings. The summed E-state index contributed by atoms with van der Waals surface area (Å²) < 4.78 is 8.07. The van der Waals surface area contributed by atoms with Crippen molar-refractivity contribution in [3.63, 3.8) is 0 Å². The van der Waals surface area contributed by atoms with Crippen LogP contribution in [0.5, 0.6) is 0 Å². The Labute approximate surface area is 158 Å². The summed E-state index contributed by atoms with van der Waals surface area (Å²) in [6, 6.07) is 17.2. The van der Waals surface area contributed by atoms with Crippen LogP contribution in [0.25, 0.3) is 5.69 Å². The number of hydrogen-bond donors (Lipinski definition) is 0. The van der Waals surface area contributed by atoms with Gasteiger partial charge in [-0.1, -0.05) is 58.0 Å². The third kappa shape index (κ3) is 4.36. The van der Waals surface area contributed by atoms with Crippen LogP contribution >= 0.6 is 27.7 Å². The van der Waals surface area contributed by atoms with Gasteiger partial charge in [0.1, 0.15) is 6.61 Å². The molecule has 128 valence electrons. The van der Waals surface area contributed by atoms with Gasteiger partial charge in [0.15, 0.2) is 16.8 Å². The number of hydrogen-bond acceptors (Lipinski definition) is 5. The first-order valence-corrected chi connectivity index (χ1v) is 9.37. The fourth-order valence-electron chi connectivity index (χ4n) is 2.30. The second-order valence-corrected chi connectivity index (χ2v) is 7.08. The maximum atomic E-state index is 12.4. The van der Waals surface area contributed by atoms with Crippen LogP contribution in [0.4, 0.5) is 0 Å². The van der Waals surface area contributed by atoms with E-state index in [0.29, 0.717) is 28.9 Å². The molecule has 1 heterocycles. The standard InChI is InChI=1S/C18H16BrN3O2S/c1-24-11-17-20-21-18(22(17)15-5-3-2-4-6-15)25-12-16(23)13-7-9-14(19)10-8-13/h2-10H,11-12H2,1H3. The second-order valence-electron chi connectivity index (χ2n) is 5.22. The van der Waals surface area contributed by atoms with E-state index in [9.17, 15) is 4.79 Å². The number of thioether (sulfide) groups is 1. The minimum atomic E-state index is 0.0494. The van der Waals surface area contributed by atoms with E-state index >= 15 is 0 Å². The van der Waals surface area contributed by atoms with Gasteiger partial charge in [-0.15, -0.1) is 10.2 Å². The molecule has 25 heavy (non-hydrogen) atoms. The van der Waals surface area contributed by atoms with Crippen LogP contribution in [0.3, 0.4) is 0 Å². The number of Topliss-reactive ketones (excluding diaryl/α,β-unsaturated/α-hetero) is 1. The van der Waals surface area contributed by atoms with Crippen molar-refractivity contribution < 1.29 is 9.53 Å². The average molecular weight is 418 g/mol. The molecule has 0 aliphatic heterocycles. The number of ether oxygens (including phenoxy) is 1. The molecule has 7 heteroatoms. The van der Waals surface area contributed by atoms with E-state index in [1.807, 2.05) is 59.2 Å². The van der Waals surface area contributed by atoms with E-state index in [2.05, 4.69) is 26.1 Å². The summed E-state index contributed by atoms with van der Waals surface area (Å²) >= 11 is 4.74. The summed E-state index contributed by atoms with van der Waals surface area (Å²) in [4.78, 5) is 12.4. The molecule has 0 amide bonds. The van der Waals surface area contributed by atoms with Crippen molar-refractivity contribution >= 4 is 33.5 Å². The van der Waals surface area contributed by atoms with Gasteiger partial charge in [-0.2, -0.15) is 0 Å². The third-order valence-electron chi connectivity index (χ3n) is 3.49. The molecule has 0 unspecified atom stereocenters. The monoisotopic (exact) mass is 417 g/mol. The topological polar surface area (TPSA) is 57.0 Å². The highest BCUT2D eigenvalue weighted by atomic mass is 79.9. The minimum Gasteiger partial charge on any atom is -0.377 e. The van der Waals surface area contributed by atoms with Crippen molar-refractivity contribution in [3.05, 3.63) is 70.5 Å². The van der Waals surface area contributed by atoms with Crippen LogP contribution in [0.2, 0.25) is 0 Å². The largest absolute Gasteiger partial charge is 0.377 e. The molecule has 1 aromatic heterocycles. The van der Waals surface area contributed by atoms with Crippen LogP contribution in [0, 0.1) is 0 Å². The van der Waals surface area contributed by atoms with Crippen molar-refractivity contribution in [2.24, 2.45) is 0 Å². The summed E-state index contributed by atoms with van der Waals surface area (Å²) in [5.74, 6) is 1.04. The highest BCUT2D eigenvalue weighted by Gasteiger charge is 2.16. The summed E-state index contributed by atoms with van der Waals surface area (Å²) in [6.45, 7) is 0.350. The third-order valence-corrected chi connectivity index (χ3v) is 4.94. The molecule has 3 aromatic rings. The highest BCUT2D eigenvalue weighted by Crippen LogP contribution is 2.23. The van der Waals surface area contributed by atoms with Gasteiger partial charge in [-0.25, -0.2) is 0 Å². The molecule has 5 nitrogen and oxygen atoms in total. The molecule has 0 saturated heterocycles. The molecule has 0 radical (unpaired) electrons. The quantitative estimate of drug-likeness (QED) is 0.426. The Morgan fingerprint density at radius 2 is 1.84 bits per heavy atom. The zero-order valence-corrected chi connectivity index (χ0v) is 16.0. The van der Waals surface area contributed by atoms with Crippen molar-refractivity contribution in [2.75, 3.05) is 12.9 Å². The predicted octanol–water partition coefficient (Wildman–Crippen LogP) is 4.15. The number of rotatable bonds is 7. The van der Waals surface area contributed by atoms with Crippen LogP contribution in [-0.2, 0) is 11.3 Å². The summed E-state index contributed by atoms with van der Waals surface area (Å²) in [6.07, 6.45) is 0. The van der Waals surface area contributed by atoms with Crippen LogP contribution in [0.1, 0.15) is 16.2 Å². The van der Waals surface area contributed by atoms with Gasteiger partial charge < -0.3 is 4.74 Å². The Kier molecular flexibility index (Phi) is 6.01. The first-order chi connectivity index (χ1) is 12.2. The molecule has 0 N–H and O–H groups in total. The Balaban J connectivity index is 1.80. The lowest BCUT2D eigenvalue weighted by atomic mass is 10.2. The minimum absolute atomic E-state index is 0.0494. The SMILES string of the molecule is COCc1nnc(SCC(=O)c2ccc(Br)cc2)n1-c1ccccc1. The van der Waals surface area contributed by atoms with Crippen LogP contribution in [0.15, 0.2) is 64.2 Å². The highest BCUT2D eigenvalue weighted by molar-refractivity contribution is 9.10. The van der Waals surface area contributed by atoms with Gasteiger partial charge in [0.25, 0.3) is 0 Å². The number of nitrogens with zero attached hydrogens (tertiary/aromatic N) is 3. The first-order valence-electron chi connectivity index (χ1n) is 7.59. The van der Waals surface area contributed by atoms with Crippen LogP contribution < -0.4 is 0 Å². The Morgan fingerprint density at radius 3 is 2.52 bits per heavy atom. The number of methoxy groups -OCH3 is 1. The number of carbonyl (C=O) groups is 1. The Bertz CT molecular complexity index is 851. The molecule has 0 aliphatic rings. The average Bonchev–Trinajstić information content (AvgIpc) is 3.04. The van der Waals surface area contributed by atoms with E-state index in [1.165, 1.54) is 11.8 Å². The molecule has 2 aromatic carbocycles. The number of benzene rings is 2. The van der Waals surface area contributed by atoms with E-state index in [-0.39, 0.29) is 5.78 Å². The van der Waals surface area contributed by atoms with E-state index in [4.69, 9.17) is 4.74 Å². The number of ketones is 1. The second kappa shape index (κ2) is 8.42. The maximum Gasteiger partial charge on any atom is 0.196 e. The molecule has 0 saturated carbocycles. The number of halogens is 1. The maximum absolute atomic E-state index is 12.4. The normalized spacial score (nSPS) is 10.8. The summed E-state index contributed by atoms with van der Waals surface area (Å²) in [7, 11) is 1.62. The Morgan fingerprint density at radius 1 is 1.12 bits per heavy atom. The lowest BCUT2D eigenvalue weighted by Gasteiger charge is -2.09. The van der Waals surface area contributed by atoms with Crippen LogP contribution in [-0.4, -0.2) is 33.4 Å². The predicted molar refractivity (Wildman–Crippen MR) is 101 cm³/mol. The molecule has 0 spiro atoms. The van der Waals surface area contributed by atoms with Crippen molar-refractivity contribution in [1.82, 2.24) is 14.8 Å². The first kappa shape index (κ1) is 17.8. The molecule has 0 bridgehead atoms. The van der Waals surface area contributed by atoms with E-state index < -0.39 is 0 Å². The van der Waals surface area contributed by atoms with Gasteiger partial charge in [-0.3, -0.25) is 9.36 Å². The van der Waals surface area contributed by atoms with E-state index in [0.717, 1.165) is 10.2 Å². The lowest BCUT2D eigenvalue weighted by Crippen LogP contribution is -2.06. The zero-order valence-electron chi connectivity index (χ0n) is 13.6. The Hall–Kier alpha value is -1.96. The molecule has 0 atom stereocenters. The fourth-order valence-corrected chi connectivity index (χ4v) is 3.43. The van der Waals surface area contributed by atoms with Crippen molar-refractivity contribution in [2.45, 2.75) is 11.8 Å². The lowest BCUT2D eigenvalue weighted by molar-refractivity contribution is 0.102. The number of para-hydroxylation sites is 1. The summed E-state index contributed by atoms with van der Waals surface area (Å²) in [5.41, 5.74) is 1.62. The van der Waals surface area contributed by atoms with Crippen molar-refractivity contribution in [3.8, 4) is 5.69 Å². The summed E-state index contributed by atoms with van der Waals surface area (Å²) in [5, 5.41) is 9.09. The van der Waals surface area contributed by atoms with Gasteiger partial charge in [-0.05, 0) is 24.3 Å². The van der Waals surface area contributed by atoms with Gasteiger partial charge in [0.05, 0.1) is 5.75 Å². The fraction of sp³-hybridized carbons (Fsp3) is 0.167. The zero-order chi connectivity index (χ0) is 17.6. The molecular weight excluding hydrogens is 402 g/mol. The molecular formula is C18H16BrN3O2S. The van der Waals surface area contributed by atoms with Gasteiger partial charge in [0, 0.05) is 22.8 Å². The molecule has 0 aliphatic carbocycles.